The van der Waals surface area contributed by atoms with Gasteiger partial charge < -0.3 is 10.6 Å². The Labute approximate surface area is 68.7 Å². The lowest BCUT2D eigenvalue weighted by atomic mass is 10.2. The molecule has 0 aliphatic carbocycles. The summed E-state index contributed by atoms with van der Waals surface area (Å²) in [6.07, 6.45) is 1.71. The Morgan fingerprint density at radius 2 is 1.91 bits per heavy atom. The molecular formula is C9H16N2. The molecule has 0 aromatic heterocycles. The highest BCUT2D eigenvalue weighted by Crippen LogP contribution is 2.09. The fourth-order valence-electron chi connectivity index (χ4n) is 0.636. The van der Waals surface area contributed by atoms with Crippen molar-refractivity contribution in [2.45, 2.75) is 13.8 Å². The summed E-state index contributed by atoms with van der Waals surface area (Å²) in [7, 11) is 1.90. The molecule has 2 N–H and O–H groups in total. The van der Waals surface area contributed by atoms with E-state index in [-0.39, 0.29) is 0 Å². The summed E-state index contributed by atoms with van der Waals surface area (Å²) in [5, 5.41) is 0. The van der Waals surface area contributed by atoms with Gasteiger partial charge in [0.15, 0.2) is 0 Å². The minimum absolute atomic E-state index is 0.729. The van der Waals surface area contributed by atoms with E-state index in [1.54, 1.807) is 6.20 Å². The average molecular weight is 152 g/mol. The van der Waals surface area contributed by atoms with Crippen LogP contribution in [0.2, 0.25) is 0 Å². The third-order valence-electron chi connectivity index (χ3n) is 1.65. The quantitative estimate of drug-likeness (QED) is 0.625. The van der Waals surface area contributed by atoms with Gasteiger partial charge in [-0.2, -0.15) is 0 Å². The van der Waals surface area contributed by atoms with Gasteiger partial charge in [-0.25, -0.2) is 0 Å². The van der Waals surface area contributed by atoms with Crippen molar-refractivity contribution in [2.75, 3.05) is 7.05 Å². The second-order valence-electron chi connectivity index (χ2n) is 2.57. The molecule has 62 valence electrons. The van der Waals surface area contributed by atoms with Crippen LogP contribution in [0.15, 0.2) is 36.3 Å². The molecule has 0 aliphatic heterocycles. The Hall–Kier alpha value is -1.18. The normalized spacial score (nSPS) is 11.9. The van der Waals surface area contributed by atoms with Crippen LogP contribution in [0.4, 0.5) is 0 Å². The molecule has 0 unspecified atom stereocenters. The van der Waals surface area contributed by atoms with E-state index in [0.717, 1.165) is 17.0 Å². The SMILES string of the molecule is C=CN(C)/C(C)=C(\N)C(=C)C. The highest BCUT2D eigenvalue weighted by molar-refractivity contribution is 5.27. The Morgan fingerprint density at radius 1 is 1.45 bits per heavy atom. The zero-order valence-electron chi connectivity index (χ0n) is 7.52. The monoisotopic (exact) mass is 152 g/mol. The van der Waals surface area contributed by atoms with Crippen molar-refractivity contribution in [1.29, 1.82) is 0 Å². The van der Waals surface area contributed by atoms with E-state index < -0.39 is 0 Å². The number of hydrogen-bond donors (Lipinski definition) is 1. The van der Waals surface area contributed by atoms with E-state index in [1.165, 1.54) is 0 Å². The Morgan fingerprint density at radius 3 is 2.18 bits per heavy atom. The van der Waals surface area contributed by atoms with Gasteiger partial charge in [0, 0.05) is 12.7 Å². The van der Waals surface area contributed by atoms with Crippen LogP contribution >= 0.6 is 0 Å². The summed E-state index contributed by atoms with van der Waals surface area (Å²) in [4.78, 5) is 1.87. The molecule has 0 rings (SSSR count). The maximum atomic E-state index is 5.73. The van der Waals surface area contributed by atoms with Gasteiger partial charge in [0.2, 0.25) is 0 Å². The highest BCUT2D eigenvalue weighted by Gasteiger charge is 2.00. The van der Waals surface area contributed by atoms with E-state index in [4.69, 9.17) is 5.73 Å². The second kappa shape index (κ2) is 3.86. The van der Waals surface area contributed by atoms with Gasteiger partial charge in [0.1, 0.15) is 0 Å². The molecule has 0 aliphatic rings. The highest BCUT2D eigenvalue weighted by atomic mass is 15.1. The van der Waals surface area contributed by atoms with Gasteiger partial charge in [-0.3, -0.25) is 0 Å². The molecule has 0 radical (unpaired) electrons. The number of rotatable bonds is 3. The van der Waals surface area contributed by atoms with Crippen molar-refractivity contribution < 1.29 is 0 Å². The molecule has 0 atom stereocenters. The summed E-state index contributed by atoms with van der Waals surface area (Å²) < 4.78 is 0. The number of allylic oxidation sites excluding steroid dienone is 2. The van der Waals surface area contributed by atoms with Crippen molar-refractivity contribution in [1.82, 2.24) is 4.90 Å². The zero-order valence-corrected chi connectivity index (χ0v) is 7.52. The van der Waals surface area contributed by atoms with Crippen LogP contribution in [0.1, 0.15) is 13.8 Å². The van der Waals surface area contributed by atoms with Crippen molar-refractivity contribution in [2.24, 2.45) is 5.73 Å². The number of nitrogens with zero attached hydrogens (tertiary/aromatic N) is 1. The van der Waals surface area contributed by atoms with Crippen molar-refractivity contribution >= 4 is 0 Å². The van der Waals surface area contributed by atoms with Crippen molar-refractivity contribution in [3.63, 3.8) is 0 Å². The first-order chi connectivity index (χ1) is 5.00. The first kappa shape index (κ1) is 9.82. The van der Waals surface area contributed by atoms with E-state index in [9.17, 15) is 0 Å². The number of hydrogen-bond acceptors (Lipinski definition) is 2. The molecule has 2 heteroatoms. The van der Waals surface area contributed by atoms with Gasteiger partial charge in [-0.05, 0) is 25.6 Å². The molecule has 2 nitrogen and oxygen atoms in total. The summed E-state index contributed by atoms with van der Waals surface area (Å²) >= 11 is 0. The molecular weight excluding hydrogens is 136 g/mol. The van der Waals surface area contributed by atoms with E-state index >= 15 is 0 Å². The first-order valence-corrected chi connectivity index (χ1v) is 3.48. The summed E-state index contributed by atoms with van der Waals surface area (Å²) in [5.74, 6) is 0. The lowest BCUT2D eigenvalue weighted by Gasteiger charge is -2.16. The number of nitrogens with two attached hydrogens (primary N) is 1. The fourth-order valence-corrected chi connectivity index (χ4v) is 0.636. The largest absolute Gasteiger partial charge is 0.397 e. The predicted octanol–water partition coefficient (Wildman–Crippen LogP) is 1.83. The fraction of sp³-hybridized carbons (Fsp3) is 0.333. The third kappa shape index (κ3) is 2.50. The second-order valence-corrected chi connectivity index (χ2v) is 2.57. The van der Waals surface area contributed by atoms with Crippen LogP contribution in [-0.4, -0.2) is 11.9 Å². The topological polar surface area (TPSA) is 29.3 Å². The van der Waals surface area contributed by atoms with Crippen LogP contribution in [0, 0.1) is 0 Å². The van der Waals surface area contributed by atoms with Crippen molar-refractivity contribution in [3.8, 4) is 0 Å². The zero-order chi connectivity index (χ0) is 9.02. The maximum absolute atomic E-state index is 5.73. The minimum atomic E-state index is 0.729. The van der Waals surface area contributed by atoms with E-state index in [2.05, 4.69) is 13.2 Å². The molecule has 0 saturated heterocycles. The van der Waals surface area contributed by atoms with Crippen LogP contribution in [0.25, 0.3) is 0 Å². The van der Waals surface area contributed by atoms with Gasteiger partial charge in [0.05, 0.1) is 5.70 Å². The van der Waals surface area contributed by atoms with Crippen LogP contribution in [0.5, 0.6) is 0 Å². The molecule has 11 heavy (non-hydrogen) atoms. The molecule has 0 aromatic rings. The van der Waals surface area contributed by atoms with Crippen LogP contribution in [-0.2, 0) is 0 Å². The lowest BCUT2D eigenvalue weighted by Crippen LogP contribution is -2.14. The molecule has 0 aromatic carbocycles. The summed E-state index contributed by atoms with van der Waals surface area (Å²) in [6.45, 7) is 11.2. The van der Waals surface area contributed by atoms with Crippen molar-refractivity contribution in [3.05, 3.63) is 36.3 Å². The molecule has 0 spiro atoms. The lowest BCUT2D eigenvalue weighted by molar-refractivity contribution is 0.564. The van der Waals surface area contributed by atoms with Crippen LogP contribution in [0.3, 0.4) is 0 Å². The van der Waals surface area contributed by atoms with E-state index in [1.807, 2.05) is 25.8 Å². The van der Waals surface area contributed by atoms with E-state index in [0.29, 0.717) is 0 Å². The third-order valence-corrected chi connectivity index (χ3v) is 1.65. The molecule has 0 fully saturated rings. The van der Waals surface area contributed by atoms with Crippen LogP contribution < -0.4 is 5.73 Å². The Bertz CT molecular complexity index is 202. The van der Waals surface area contributed by atoms with Gasteiger partial charge in [-0.1, -0.05) is 13.2 Å². The molecule has 0 amide bonds. The smallest absolute Gasteiger partial charge is 0.0533 e. The predicted molar refractivity (Wildman–Crippen MR) is 49.7 cm³/mol. The molecule has 0 heterocycles. The van der Waals surface area contributed by atoms with Gasteiger partial charge in [0.25, 0.3) is 0 Å². The van der Waals surface area contributed by atoms with Gasteiger partial charge in [-0.15, -0.1) is 0 Å². The summed E-state index contributed by atoms with van der Waals surface area (Å²) in [6, 6.07) is 0. The first-order valence-electron chi connectivity index (χ1n) is 3.48. The Balaban J connectivity index is 4.64. The van der Waals surface area contributed by atoms with Gasteiger partial charge >= 0.3 is 0 Å². The molecule has 0 bridgehead atoms. The summed E-state index contributed by atoms with van der Waals surface area (Å²) in [5.41, 5.74) is 8.32. The average Bonchev–Trinajstić information content (AvgIpc) is 2.00. The molecule has 0 saturated carbocycles. The Kier molecular flexibility index (Phi) is 3.45. The maximum Gasteiger partial charge on any atom is 0.0533 e. The standard InChI is InChI=1S/C9H16N2/c1-6-11(5)8(4)9(10)7(2)3/h6H,1-2,10H2,3-5H3/b9-8-. The minimum Gasteiger partial charge on any atom is -0.397 e.